The predicted octanol–water partition coefficient (Wildman–Crippen LogP) is 2.22. The summed E-state index contributed by atoms with van der Waals surface area (Å²) in [5, 5.41) is 2.77. The topological polar surface area (TPSA) is 162 Å². The van der Waals surface area contributed by atoms with Crippen molar-refractivity contribution in [2.45, 2.75) is 62.9 Å². The summed E-state index contributed by atoms with van der Waals surface area (Å²) in [6, 6.07) is 9.23. The van der Waals surface area contributed by atoms with E-state index in [0.29, 0.717) is 29.6 Å². The number of ketones is 1. The zero-order valence-electron chi connectivity index (χ0n) is 22.6. The fourth-order valence-electron chi connectivity index (χ4n) is 6.33. The molecule has 1 saturated heterocycles. The fourth-order valence-corrected chi connectivity index (χ4v) is 7.96. The van der Waals surface area contributed by atoms with Gasteiger partial charge >= 0.3 is 0 Å². The summed E-state index contributed by atoms with van der Waals surface area (Å²) in [6.07, 6.45) is 5.04. The zero-order valence-corrected chi connectivity index (χ0v) is 23.4. The normalized spacial score (nSPS) is 21.8. The van der Waals surface area contributed by atoms with E-state index in [1.807, 2.05) is 13.0 Å². The van der Waals surface area contributed by atoms with E-state index in [9.17, 15) is 27.6 Å². The van der Waals surface area contributed by atoms with E-state index in [1.165, 1.54) is 18.3 Å². The molecule has 2 saturated carbocycles. The maximum absolute atomic E-state index is 13.7. The third-order valence-corrected chi connectivity index (χ3v) is 10.6. The highest BCUT2D eigenvalue weighted by Crippen LogP contribution is 2.43. The lowest BCUT2D eigenvalue weighted by Crippen LogP contribution is -2.51. The third-order valence-electron chi connectivity index (χ3n) is 8.42. The number of sulfone groups is 1. The van der Waals surface area contributed by atoms with Gasteiger partial charge in [0.2, 0.25) is 11.8 Å². The number of primary amides is 1. The number of nitrogens with two attached hydrogens (primary N) is 1. The van der Waals surface area contributed by atoms with Gasteiger partial charge in [-0.25, -0.2) is 13.4 Å². The molecule has 2 aliphatic carbocycles. The fraction of sp³-hybridized carbons (Fsp3) is 0.414. The molecule has 6 rings (SSSR count). The van der Waals surface area contributed by atoms with Gasteiger partial charge in [-0.1, -0.05) is 6.07 Å². The summed E-state index contributed by atoms with van der Waals surface area (Å²) in [6.45, 7) is 1.70. The Morgan fingerprint density at radius 1 is 1.07 bits per heavy atom. The second-order valence-corrected chi connectivity index (χ2v) is 13.6. The number of pyridine rings is 1. The second kappa shape index (κ2) is 10.1. The summed E-state index contributed by atoms with van der Waals surface area (Å²) < 4.78 is 26.3. The summed E-state index contributed by atoms with van der Waals surface area (Å²) in [5.41, 5.74) is 7.18. The number of carbonyl (C=O) groups is 4. The molecule has 41 heavy (non-hydrogen) atoms. The van der Waals surface area contributed by atoms with Crippen molar-refractivity contribution in [1.29, 1.82) is 0 Å². The molecule has 214 valence electrons. The van der Waals surface area contributed by atoms with Crippen molar-refractivity contribution in [3.63, 3.8) is 0 Å². The number of hydrogen-bond acceptors (Lipinski definition) is 7. The van der Waals surface area contributed by atoms with Crippen LogP contribution in [0.5, 0.6) is 0 Å². The van der Waals surface area contributed by atoms with Gasteiger partial charge in [-0.15, -0.1) is 0 Å². The summed E-state index contributed by atoms with van der Waals surface area (Å²) in [4.78, 5) is 58.2. The number of hydrogen-bond donors (Lipinski definition) is 2. The lowest BCUT2D eigenvalue weighted by atomic mass is 9.97. The molecule has 12 heteroatoms. The van der Waals surface area contributed by atoms with Crippen LogP contribution in [0.1, 0.15) is 58.5 Å². The minimum atomic E-state index is -3.51. The number of piperidine rings is 1. The van der Waals surface area contributed by atoms with Crippen LogP contribution in [0.4, 0.5) is 5.82 Å². The van der Waals surface area contributed by atoms with E-state index in [4.69, 9.17) is 5.73 Å². The van der Waals surface area contributed by atoms with Crippen molar-refractivity contribution in [1.82, 2.24) is 14.5 Å². The van der Waals surface area contributed by atoms with Gasteiger partial charge in [-0.05, 0) is 75.3 Å². The highest BCUT2D eigenvalue weighted by atomic mass is 32.2. The molecule has 3 atom stereocenters. The Labute approximate surface area is 237 Å². The van der Waals surface area contributed by atoms with Crippen molar-refractivity contribution >= 4 is 50.1 Å². The number of aryl methyl sites for hydroxylation is 1. The first-order chi connectivity index (χ1) is 19.5. The molecule has 3 fully saturated rings. The number of fused-ring (bicyclic) bond motifs is 3. The van der Waals surface area contributed by atoms with Crippen molar-refractivity contribution in [3.05, 3.63) is 59.4 Å². The van der Waals surface area contributed by atoms with Gasteiger partial charge in [-0.3, -0.25) is 19.2 Å². The monoisotopic (exact) mass is 577 g/mol. The smallest absolute Gasteiger partial charge is 0.250 e. The first-order valence-corrected chi connectivity index (χ1v) is 15.5. The zero-order chi connectivity index (χ0) is 29.1. The maximum atomic E-state index is 13.7. The highest BCUT2D eigenvalue weighted by Gasteiger charge is 2.51. The molecule has 3 aromatic rings. The Morgan fingerprint density at radius 2 is 1.85 bits per heavy atom. The number of anilines is 1. The number of carbonyl (C=O) groups excluding carboxylic acids is 4. The molecule has 0 spiro atoms. The SMILES string of the molecule is Cc1cccc(NC(=O)C2C3CCC(C3)N2C(=O)Cn2cc(C(N)=O)c3cc(C(=O)CS(=O)(=O)C4CC4)ccc32)n1. The van der Waals surface area contributed by atoms with Gasteiger partial charge in [0.25, 0.3) is 5.91 Å². The van der Waals surface area contributed by atoms with Crippen LogP contribution in [0, 0.1) is 12.8 Å². The number of Topliss-reactive ketones (excluding diaryl/α,β-unsaturated/α-hetero) is 1. The quantitative estimate of drug-likeness (QED) is 0.369. The van der Waals surface area contributed by atoms with Crippen LogP contribution < -0.4 is 11.1 Å². The lowest BCUT2D eigenvalue weighted by molar-refractivity contribution is -0.141. The van der Waals surface area contributed by atoms with E-state index in [1.54, 1.807) is 27.7 Å². The number of aromatic nitrogens is 2. The van der Waals surface area contributed by atoms with Crippen LogP contribution in [0.3, 0.4) is 0 Å². The Morgan fingerprint density at radius 3 is 2.56 bits per heavy atom. The molecule has 3 amide bonds. The molecule has 0 radical (unpaired) electrons. The number of benzene rings is 1. The van der Waals surface area contributed by atoms with Gasteiger partial charge in [-0.2, -0.15) is 0 Å². The van der Waals surface area contributed by atoms with Crippen LogP contribution in [-0.2, 0) is 26.0 Å². The number of nitrogens with zero attached hydrogens (tertiary/aromatic N) is 3. The Bertz CT molecular complexity index is 1710. The molecular weight excluding hydrogens is 546 g/mol. The molecule has 11 nitrogen and oxygen atoms in total. The molecule has 3 N–H and O–H groups in total. The molecule has 1 aliphatic heterocycles. The Kier molecular flexibility index (Phi) is 6.68. The average molecular weight is 578 g/mol. The van der Waals surface area contributed by atoms with Crippen molar-refractivity contribution in [2.24, 2.45) is 11.7 Å². The predicted molar refractivity (Wildman–Crippen MR) is 151 cm³/mol. The van der Waals surface area contributed by atoms with E-state index >= 15 is 0 Å². The minimum absolute atomic E-state index is 0.0520. The van der Waals surface area contributed by atoms with E-state index in [0.717, 1.165) is 25.0 Å². The number of amides is 3. The van der Waals surface area contributed by atoms with Crippen LogP contribution in [0.2, 0.25) is 0 Å². The highest BCUT2D eigenvalue weighted by molar-refractivity contribution is 7.93. The lowest BCUT2D eigenvalue weighted by Gasteiger charge is -2.34. The van der Waals surface area contributed by atoms with Crippen LogP contribution in [0.15, 0.2) is 42.6 Å². The van der Waals surface area contributed by atoms with E-state index < -0.39 is 38.6 Å². The molecular formula is C29H31N5O6S. The van der Waals surface area contributed by atoms with E-state index in [2.05, 4.69) is 10.3 Å². The van der Waals surface area contributed by atoms with Crippen LogP contribution in [-0.4, -0.2) is 69.5 Å². The van der Waals surface area contributed by atoms with Crippen molar-refractivity contribution in [2.75, 3.05) is 11.1 Å². The number of rotatable bonds is 9. The molecule has 3 unspecified atom stereocenters. The van der Waals surface area contributed by atoms with Crippen LogP contribution in [0.25, 0.3) is 10.9 Å². The van der Waals surface area contributed by atoms with Gasteiger partial charge in [0.05, 0.1) is 10.8 Å². The first-order valence-electron chi connectivity index (χ1n) is 13.7. The van der Waals surface area contributed by atoms with Gasteiger partial charge in [0.1, 0.15) is 24.2 Å². The standard InChI is InChI=1S/C29H31N5O6S/c1-16-3-2-4-25(31-16)32-29(38)27-18-5-7-19(11-18)34(27)26(36)14-33-13-22(28(30)37)21-12-17(6-10-23(21)33)24(35)15-41(39,40)20-8-9-20/h2-4,6,10,12-13,18-20,27H,5,7-9,11,14-15H2,1H3,(H2,30,37)(H,31,32,38). The van der Waals surface area contributed by atoms with Crippen LogP contribution >= 0.6 is 0 Å². The molecule has 2 bridgehead atoms. The molecule has 3 aliphatic rings. The average Bonchev–Trinajstić information content (AvgIpc) is 3.45. The third kappa shape index (κ3) is 5.12. The molecule has 2 aromatic heterocycles. The maximum Gasteiger partial charge on any atom is 0.250 e. The molecule has 3 heterocycles. The number of nitrogens with one attached hydrogen (secondary N) is 1. The summed E-state index contributed by atoms with van der Waals surface area (Å²) in [5.74, 6) is -1.93. The summed E-state index contributed by atoms with van der Waals surface area (Å²) in [7, 11) is -3.51. The molecule has 1 aromatic carbocycles. The van der Waals surface area contributed by atoms with Gasteiger partial charge in [0, 0.05) is 34.4 Å². The Hall–Kier alpha value is -4.06. The van der Waals surface area contributed by atoms with Gasteiger partial charge in [0.15, 0.2) is 15.6 Å². The van der Waals surface area contributed by atoms with Gasteiger partial charge < -0.3 is 20.5 Å². The largest absolute Gasteiger partial charge is 0.366 e. The van der Waals surface area contributed by atoms with Crippen molar-refractivity contribution < 1.29 is 27.6 Å². The second-order valence-electron chi connectivity index (χ2n) is 11.3. The number of likely N-dealkylation sites (tertiary alicyclic amines) is 1. The Balaban J connectivity index is 1.25. The minimum Gasteiger partial charge on any atom is -0.366 e. The summed E-state index contributed by atoms with van der Waals surface area (Å²) >= 11 is 0. The van der Waals surface area contributed by atoms with Crippen molar-refractivity contribution in [3.8, 4) is 0 Å². The van der Waals surface area contributed by atoms with E-state index in [-0.39, 0.29) is 41.4 Å². The first kappa shape index (κ1) is 27.1.